The van der Waals surface area contributed by atoms with E-state index in [4.69, 9.17) is 5.73 Å². The molecule has 1 aliphatic carbocycles. The molecule has 0 heterocycles. The monoisotopic (exact) mass is 289 g/mol. The van der Waals surface area contributed by atoms with Gasteiger partial charge in [0.2, 0.25) is 5.91 Å². The third-order valence-corrected chi connectivity index (χ3v) is 4.40. The molecule has 2 unspecified atom stereocenters. The molecule has 0 aliphatic heterocycles. The molecule has 4 heteroatoms. The van der Waals surface area contributed by atoms with E-state index in [1.54, 1.807) is 0 Å². The van der Waals surface area contributed by atoms with Crippen LogP contribution in [0.25, 0.3) is 0 Å². The Bertz CT molecular complexity index is 487. The minimum atomic E-state index is 0.0438. The molecule has 0 bridgehead atoms. The Morgan fingerprint density at radius 1 is 1.33 bits per heavy atom. The van der Waals surface area contributed by atoms with Crippen LogP contribution in [0.4, 0.5) is 11.4 Å². The zero-order chi connectivity index (χ0) is 15.2. The topological polar surface area (TPSA) is 67.2 Å². The fourth-order valence-corrected chi connectivity index (χ4v) is 2.98. The summed E-state index contributed by atoms with van der Waals surface area (Å²) in [5.74, 6) is 0.592. The lowest BCUT2D eigenvalue weighted by Gasteiger charge is -2.32. The van der Waals surface area contributed by atoms with Gasteiger partial charge in [-0.05, 0) is 49.9 Å². The van der Waals surface area contributed by atoms with Gasteiger partial charge in [0.25, 0.3) is 0 Å². The Morgan fingerprint density at radius 3 is 2.81 bits per heavy atom. The van der Waals surface area contributed by atoms with Crippen molar-refractivity contribution >= 4 is 17.3 Å². The first-order valence-corrected chi connectivity index (χ1v) is 8.01. The van der Waals surface area contributed by atoms with Crippen LogP contribution < -0.4 is 16.4 Å². The van der Waals surface area contributed by atoms with Crippen LogP contribution in [0, 0.1) is 12.8 Å². The van der Waals surface area contributed by atoms with Crippen molar-refractivity contribution in [3.05, 3.63) is 23.8 Å². The molecule has 0 radical (unpaired) electrons. The summed E-state index contributed by atoms with van der Waals surface area (Å²) in [7, 11) is 0. The standard InChI is InChI=1S/C17H27N3O/c1-3-17(21)19-14-9-8-12(2)16(10-14)20-15-7-5-4-6-13(15)11-18/h8-10,13,15,20H,3-7,11,18H2,1-2H3,(H,19,21). The Balaban J connectivity index is 2.10. The summed E-state index contributed by atoms with van der Waals surface area (Å²) >= 11 is 0. The fraction of sp³-hybridized carbons (Fsp3) is 0.588. The lowest BCUT2D eigenvalue weighted by atomic mass is 9.84. The highest BCUT2D eigenvalue weighted by Crippen LogP contribution is 2.29. The molecule has 1 fully saturated rings. The van der Waals surface area contributed by atoms with Gasteiger partial charge in [-0.3, -0.25) is 4.79 Å². The molecule has 0 saturated heterocycles. The number of carbonyl (C=O) groups is 1. The summed E-state index contributed by atoms with van der Waals surface area (Å²) in [4.78, 5) is 11.5. The van der Waals surface area contributed by atoms with Gasteiger partial charge in [-0.1, -0.05) is 25.8 Å². The lowest BCUT2D eigenvalue weighted by molar-refractivity contribution is -0.115. The molecule has 4 N–H and O–H groups in total. The highest BCUT2D eigenvalue weighted by molar-refractivity contribution is 5.91. The Kier molecular flexibility index (Phi) is 5.62. The number of nitrogens with two attached hydrogens (primary N) is 1. The second kappa shape index (κ2) is 7.46. The highest BCUT2D eigenvalue weighted by Gasteiger charge is 2.24. The first kappa shape index (κ1) is 15.8. The van der Waals surface area contributed by atoms with Gasteiger partial charge in [0.05, 0.1) is 0 Å². The van der Waals surface area contributed by atoms with E-state index in [9.17, 15) is 4.79 Å². The largest absolute Gasteiger partial charge is 0.382 e. The van der Waals surface area contributed by atoms with Gasteiger partial charge in [0.1, 0.15) is 0 Å². The molecule has 1 aromatic carbocycles. The number of nitrogens with one attached hydrogen (secondary N) is 2. The number of hydrogen-bond donors (Lipinski definition) is 3. The lowest BCUT2D eigenvalue weighted by Crippen LogP contribution is -2.36. The Hall–Kier alpha value is -1.55. The number of anilines is 2. The zero-order valence-electron chi connectivity index (χ0n) is 13.1. The van der Waals surface area contributed by atoms with E-state index < -0.39 is 0 Å². The van der Waals surface area contributed by atoms with Crippen molar-refractivity contribution in [1.29, 1.82) is 0 Å². The molecular formula is C17H27N3O. The molecule has 1 saturated carbocycles. The Labute approximate surface area is 127 Å². The van der Waals surface area contributed by atoms with Gasteiger partial charge >= 0.3 is 0 Å². The van der Waals surface area contributed by atoms with Gasteiger partial charge in [-0.2, -0.15) is 0 Å². The second-order valence-electron chi connectivity index (χ2n) is 5.96. The summed E-state index contributed by atoms with van der Waals surface area (Å²) in [5.41, 5.74) is 9.06. The maximum Gasteiger partial charge on any atom is 0.224 e. The van der Waals surface area contributed by atoms with Crippen molar-refractivity contribution in [3.63, 3.8) is 0 Å². The van der Waals surface area contributed by atoms with Crippen molar-refractivity contribution < 1.29 is 4.79 Å². The normalized spacial score (nSPS) is 21.9. The first-order valence-electron chi connectivity index (χ1n) is 8.01. The third-order valence-electron chi connectivity index (χ3n) is 4.40. The van der Waals surface area contributed by atoms with Crippen molar-refractivity contribution in [2.45, 2.75) is 52.0 Å². The fourth-order valence-electron chi connectivity index (χ4n) is 2.98. The number of amides is 1. The van der Waals surface area contributed by atoms with Gasteiger partial charge in [0.15, 0.2) is 0 Å². The van der Waals surface area contributed by atoms with Crippen LogP contribution in [0.3, 0.4) is 0 Å². The van der Waals surface area contributed by atoms with Gasteiger partial charge in [-0.15, -0.1) is 0 Å². The predicted molar refractivity (Wildman–Crippen MR) is 88.5 cm³/mol. The van der Waals surface area contributed by atoms with Crippen LogP contribution in [0.15, 0.2) is 18.2 Å². The molecule has 2 rings (SSSR count). The van der Waals surface area contributed by atoms with Crippen LogP contribution in [0.2, 0.25) is 0 Å². The van der Waals surface area contributed by atoms with Gasteiger partial charge < -0.3 is 16.4 Å². The van der Waals surface area contributed by atoms with E-state index in [0.717, 1.165) is 17.9 Å². The molecule has 0 aromatic heterocycles. The van der Waals surface area contributed by atoms with E-state index in [-0.39, 0.29) is 5.91 Å². The van der Waals surface area contributed by atoms with E-state index in [2.05, 4.69) is 17.6 Å². The van der Waals surface area contributed by atoms with Crippen molar-refractivity contribution in [3.8, 4) is 0 Å². The van der Waals surface area contributed by atoms with Crippen LogP contribution in [0.5, 0.6) is 0 Å². The number of rotatable bonds is 5. The maximum absolute atomic E-state index is 11.5. The molecular weight excluding hydrogens is 262 g/mol. The minimum Gasteiger partial charge on any atom is -0.382 e. The highest BCUT2D eigenvalue weighted by atomic mass is 16.1. The van der Waals surface area contributed by atoms with Gasteiger partial charge in [-0.25, -0.2) is 0 Å². The van der Waals surface area contributed by atoms with E-state index >= 15 is 0 Å². The van der Waals surface area contributed by atoms with Crippen molar-refractivity contribution in [2.24, 2.45) is 11.7 Å². The quantitative estimate of drug-likeness (QED) is 0.779. The Morgan fingerprint density at radius 2 is 2.10 bits per heavy atom. The zero-order valence-corrected chi connectivity index (χ0v) is 13.1. The van der Waals surface area contributed by atoms with E-state index in [1.165, 1.54) is 31.2 Å². The minimum absolute atomic E-state index is 0.0438. The van der Waals surface area contributed by atoms with E-state index in [1.807, 2.05) is 25.1 Å². The van der Waals surface area contributed by atoms with Crippen LogP contribution >= 0.6 is 0 Å². The average Bonchev–Trinajstić information content (AvgIpc) is 2.51. The molecule has 116 valence electrons. The second-order valence-corrected chi connectivity index (χ2v) is 5.96. The van der Waals surface area contributed by atoms with Crippen LogP contribution in [-0.4, -0.2) is 18.5 Å². The van der Waals surface area contributed by atoms with Crippen LogP contribution in [-0.2, 0) is 4.79 Å². The number of aryl methyl sites for hydroxylation is 1. The summed E-state index contributed by atoms with van der Waals surface area (Å²) in [6.07, 6.45) is 5.42. The molecule has 0 spiro atoms. The van der Waals surface area contributed by atoms with Gasteiger partial charge in [0, 0.05) is 23.8 Å². The summed E-state index contributed by atoms with van der Waals surface area (Å²) in [5, 5.41) is 6.57. The molecule has 1 amide bonds. The number of carbonyl (C=O) groups excluding carboxylic acids is 1. The summed E-state index contributed by atoms with van der Waals surface area (Å²) in [6.45, 7) is 4.69. The SMILES string of the molecule is CCC(=O)Nc1ccc(C)c(NC2CCCCC2CN)c1. The third kappa shape index (κ3) is 4.21. The molecule has 21 heavy (non-hydrogen) atoms. The van der Waals surface area contributed by atoms with Crippen LogP contribution in [0.1, 0.15) is 44.6 Å². The number of hydrogen-bond acceptors (Lipinski definition) is 3. The summed E-state index contributed by atoms with van der Waals surface area (Å²) in [6, 6.07) is 6.48. The molecule has 4 nitrogen and oxygen atoms in total. The smallest absolute Gasteiger partial charge is 0.224 e. The first-order chi connectivity index (χ1) is 10.1. The maximum atomic E-state index is 11.5. The predicted octanol–water partition coefficient (Wildman–Crippen LogP) is 3.27. The summed E-state index contributed by atoms with van der Waals surface area (Å²) < 4.78 is 0. The van der Waals surface area contributed by atoms with E-state index in [0.29, 0.717) is 18.4 Å². The molecule has 1 aromatic rings. The number of benzene rings is 1. The van der Waals surface area contributed by atoms with Crippen molar-refractivity contribution in [2.75, 3.05) is 17.2 Å². The molecule has 1 aliphatic rings. The molecule has 2 atom stereocenters. The van der Waals surface area contributed by atoms with Crippen molar-refractivity contribution in [1.82, 2.24) is 0 Å². The average molecular weight is 289 g/mol.